The van der Waals surface area contributed by atoms with E-state index in [0.29, 0.717) is 5.92 Å². The minimum atomic E-state index is -0.972. The Bertz CT molecular complexity index is 141. The third-order valence-corrected chi connectivity index (χ3v) is 2.27. The highest BCUT2D eigenvalue weighted by atomic mass is 79.9. The summed E-state index contributed by atoms with van der Waals surface area (Å²) in [7, 11) is 0. The molecule has 2 N–H and O–H groups in total. The average Bonchev–Trinajstić information content (AvgIpc) is 1.84. The standard InChI is InChI=1S/C8H16BrNO2/c1-3-4-6(2)5-7(9)10-8(11)12/h6-7,10H,3-5H2,1-2H3,(H,11,12). The lowest BCUT2D eigenvalue weighted by atomic mass is 10.0. The van der Waals surface area contributed by atoms with Gasteiger partial charge in [-0.05, 0) is 12.3 Å². The van der Waals surface area contributed by atoms with Crippen molar-refractivity contribution in [2.45, 2.75) is 38.1 Å². The van der Waals surface area contributed by atoms with Gasteiger partial charge in [-0.3, -0.25) is 0 Å². The number of carboxylic acid groups (broad SMARTS) is 1. The van der Waals surface area contributed by atoms with Crippen molar-refractivity contribution in [1.29, 1.82) is 0 Å². The molecule has 2 atom stereocenters. The van der Waals surface area contributed by atoms with Crippen LogP contribution in [0.2, 0.25) is 0 Å². The summed E-state index contributed by atoms with van der Waals surface area (Å²) in [4.78, 5) is 10.1. The molecule has 2 unspecified atom stereocenters. The Kier molecular flexibility index (Phi) is 6.16. The Labute approximate surface area is 81.7 Å². The van der Waals surface area contributed by atoms with Gasteiger partial charge in [-0.1, -0.05) is 42.6 Å². The van der Waals surface area contributed by atoms with E-state index >= 15 is 0 Å². The Morgan fingerprint density at radius 1 is 1.67 bits per heavy atom. The van der Waals surface area contributed by atoms with Crippen LogP contribution in [0.15, 0.2) is 0 Å². The summed E-state index contributed by atoms with van der Waals surface area (Å²) in [5.74, 6) is 0.561. The highest BCUT2D eigenvalue weighted by Crippen LogP contribution is 2.15. The Morgan fingerprint density at radius 3 is 2.67 bits per heavy atom. The summed E-state index contributed by atoms with van der Waals surface area (Å²) in [6, 6.07) is 0. The molecule has 4 heteroatoms. The van der Waals surface area contributed by atoms with Crippen molar-refractivity contribution in [2.24, 2.45) is 5.92 Å². The molecule has 0 radical (unpaired) electrons. The summed E-state index contributed by atoms with van der Waals surface area (Å²) in [6.45, 7) is 4.26. The molecule has 0 heterocycles. The molecule has 0 aromatic carbocycles. The van der Waals surface area contributed by atoms with Gasteiger partial charge in [0.25, 0.3) is 0 Å². The first kappa shape index (κ1) is 11.8. The van der Waals surface area contributed by atoms with Gasteiger partial charge in [0.05, 0.1) is 4.95 Å². The van der Waals surface area contributed by atoms with Gasteiger partial charge in [-0.15, -0.1) is 0 Å². The highest BCUT2D eigenvalue weighted by molar-refractivity contribution is 9.09. The molecule has 0 aliphatic heterocycles. The zero-order valence-corrected chi connectivity index (χ0v) is 9.10. The van der Waals surface area contributed by atoms with E-state index in [9.17, 15) is 4.79 Å². The molecule has 0 fully saturated rings. The smallest absolute Gasteiger partial charge is 0.405 e. The molecule has 0 spiro atoms. The quantitative estimate of drug-likeness (QED) is 0.571. The van der Waals surface area contributed by atoms with E-state index < -0.39 is 6.09 Å². The van der Waals surface area contributed by atoms with Crippen LogP contribution in [0.3, 0.4) is 0 Å². The first-order valence-electron chi connectivity index (χ1n) is 4.19. The molecule has 1 amide bonds. The first-order chi connectivity index (χ1) is 5.56. The molecule has 0 saturated heterocycles. The minimum Gasteiger partial charge on any atom is -0.465 e. The van der Waals surface area contributed by atoms with Crippen LogP contribution in [0.1, 0.15) is 33.1 Å². The second-order valence-corrected chi connectivity index (χ2v) is 4.15. The number of nitrogens with one attached hydrogen (secondary N) is 1. The monoisotopic (exact) mass is 237 g/mol. The zero-order valence-electron chi connectivity index (χ0n) is 7.51. The molecule has 72 valence electrons. The topological polar surface area (TPSA) is 49.3 Å². The normalized spacial score (nSPS) is 15.2. The van der Waals surface area contributed by atoms with E-state index in [2.05, 4.69) is 35.1 Å². The highest BCUT2D eigenvalue weighted by Gasteiger charge is 2.10. The lowest BCUT2D eigenvalue weighted by Crippen LogP contribution is -2.30. The number of alkyl halides is 1. The molecular weight excluding hydrogens is 222 g/mol. The Hall–Kier alpha value is -0.250. The van der Waals surface area contributed by atoms with Crippen LogP contribution in [0.25, 0.3) is 0 Å². The predicted octanol–water partition coefficient (Wildman–Crippen LogP) is 2.80. The third kappa shape index (κ3) is 6.46. The van der Waals surface area contributed by atoms with Crippen molar-refractivity contribution in [3.63, 3.8) is 0 Å². The summed E-state index contributed by atoms with van der Waals surface area (Å²) in [5, 5.41) is 10.8. The van der Waals surface area contributed by atoms with Gasteiger partial charge in [-0.2, -0.15) is 0 Å². The molecule has 0 bridgehead atoms. The van der Waals surface area contributed by atoms with Crippen LogP contribution in [0.4, 0.5) is 4.79 Å². The average molecular weight is 238 g/mol. The molecule has 3 nitrogen and oxygen atoms in total. The first-order valence-corrected chi connectivity index (χ1v) is 5.11. The van der Waals surface area contributed by atoms with Gasteiger partial charge < -0.3 is 10.4 Å². The number of rotatable bonds is 5. The van der Waals surface area contributed by atoms with Gasteiger partial charge in [0, 0.05) is 0 Å². The van der Waals surface area contributed by atoms with Gasteiger partial charge in [-0.25, -0.2) is 4.79 Å². The minimum absolute atomic E-state index is 0.114. The van der Waals surface area contributed by atoms with Crippen molar-refractivity contribution < 1.29 is 9.90 Å². The molecule has 0 aliphatic carbocycles. The number of halogens is 1. The van der Waals surface area contributed by atoms with Crippen LogP contribution < -0.4 is 5.32 Å². The van der Waals surface area contributed by atoms with Crippen molar-refractivity contribution >= 4 is 22.0 Å². The molecular formula is C8H16BrNO2. The van der Waals surface area contributed by atoms with Crippen LogP contribution >= 0.6 is 15.9 Å². The number of amides is 1. The third-order valence-electron chi connectivity index (χ3n) is 1.67. The SMILES string of the molecule is CCCC(C)CC(Br)NC(=O)O. The lowest BCUT2D eigenvalue weighted by molar-refractivity contribution is 0.192. The van der Waals surface area contributed by atoms with Crippen molar-refractivity contribution in [3.8, 4) is 0 Å². The van der Waals surface area contributed by atoms with Gasteiger partial charge >= 0.3 is 6.09 Å². The Morgan fingerprint density at radius 2 is 2.25 bits per heavy atom. The second kappa shape index (κ2) is 6.29. The maximum Gasteiger partial charge on any atom is 0.405 e. The lowest BCUT2D eigenvalue weighted by Gasteiger charge is -2.14. The van der Waals surface area contributed by atoms with Crippen LogP contribution in [0, 0.1) is 5.92 Å². The molecule has 0 rings (SSSR count). The van der Waals surface area contributed by atoms with E-state index in [0.717, 1.165) is 19.3 Å². The molecule has 12 heavy (non-hydrogen) atoms. The van der Waals surface area contributed by atoms with E-state index in [1.165, 1.54) is 0 Å². The summed E-state index contributed by atoms with van der Waals surface area (Å²) >= 11 is 3.26. The fraction of sp³-hybridized carbons (Fsp3) is 0.875. The van der Waals surface area contributed by atoms with E-state index in [4.69, 9.17) is 5.11 Å². The number of carbonyl (C=O) groups is 1. The summed E-state index contributed by atoms with van der Waals surface area (Å²) in [5.41, 5.74) is 0. The fourth-order valence-corrected chi connectivity index (χ4v) is 1.99. The Balaban J connectivity index is 3.53. The van der Waals surface area contributed by atoms with Gasteiger partial charge in [0.2, 0.25) is 0 Å². The molecule has 0 aromatic heterocycles. The fourth-order valence-electron chi connectivity index (χ4n) is 1.16. The molecule has 0 saturated carbocycles. The molecule has 0 aromatic rings. The van der Waals surface area contributed by atoms with Crippen molar-refractivity contribution in [1.82, 2.24) is 5.32 Å². The van der Waals surface area contributed by atoms with Gasteiger partial charge in [0.1, 0.15) is 0 Å². The second-order valence-electron chi connectivity index (χ2n) is 3.05. The van der Waals surface area contributed by atoms with E-state index in [1.807, 2.05) is 0 Å². The van der Waals surface area contributed by atoms with Gasteiger partial charge in [0.15, 0.2) is 0 Å². The summed E-state index contributed by atoms with van der Waals surface area (Å²) in [6.07, 6.45) is 2.16. The molecule has 0 aliphatic rings. The van der Waals surface area contributed by atoms with Crippen molar-refractivity contribution in [3.05, 3.63) is 0 Å². The maximum atomic E-state index is 10.2. The largest absolute Gasteiger partial charge is 0.465 e. The zero-order chi connectivity index (χ0) is 9.56. The van der Waals surface area contributed by atoms with E-state index in [1.54, 1.807) is 0 Å². The van der Waals surface area contributed by atoms with E-state index in [-0.39, 0.29) is 4.95 Å². The van der Waals surface area contributed by atoms with Crippen LogP contribution in [-0.2, 0) is 0 Å². The maximum absolute atomic E-state index is 10.2. The summed E-state index contributed by atoms with van der Waals surface area (Å²) < 4.78 is 0. The van der Waals surface area contributed by atoms with Crippen LogP contribution in [-0.4, -0.2) is 16.2 Å². The predicted molar refractivity (Wildman–Crippen MR) is 52.6 cm³/mol. The van der Waals surface area contributed by atoms with Crippen LogP contribution in [0.5, 0.6) is 0 Å². The van der Waals surface area contributed by atoms with Crippen molar-refractivity contribution in [2.75, 3.05) is 0 Å². The number of hydrogen-bond acceptors (Lipinski definition) is 1. The number of hydrogen-bond donors (Lipinski definition) is 2.